The van der Waals surface area contributed by atoms with Gasteiger partial charge in [0.25, 0.3) is 0 Å². The van der Waals surface area contributed by atoms with Crippen LogP contribution in [0.1, 0.15) is 126 Å². The zero-order valence-corrected chi connectivity index (χ0v) is 46.4. The lowest BCUT2D eigenvalue weighted by Crippen LogP contribution is -2.61. The molecular weight excluding hydrogens is 953 g/mol. The number of nitrogens with zero attached hydrogens (tertiary/aromatic N) is 2. The molecule has 74 heavy (non-hydrogen) atoms. The molecule has 2 aromatic rings. The number of unbranched alkanes of at least 4 members (excludes halogenated alkanes) is 1. The minimum absolute atomic E-state index is 0.0310. The lowest BCUT2D eigenvalue weighted by Gasteiger charge is -2.49. The van der Waals surface area contributed by atoms with Gasteiger partial charge in [0.2, 0.25) is 0 Å². The van der Waals surface area contributed by atoms with E-state index in [1.165, 1.54) is 19.6 Å². The van der Waals surface area contributed by atoms with Crippen molar-refractivity contribution in [3.63, 3.8) is 0 Å². The highest BCUT2D eigenvalue weighted by atomic mass is 16.7. The van der Waals surface area contributed by atoms with E-state index in [2.05, 4.69) is 17.3 Å². The molecule has 0 bridgehead atoms. The fourth-order valence-electron chi connectivity index (χ4n) is 11.2. The third kappa shape index (κ3) is 15.9. The number of hydrogen-bond donors (Lipinski definition) is 4. The maximum Gasteiger partial charge on any atom is 0.311 e. The molecule has 2 aromatic carbocycles. The molecule has 0 amide bonds. The second-order valence-electron chi connectivity index (χ2n) is 22.1. The first kappa shape index (κ1) is 61.1. The molecule has 5 rings (SSSR count). The van der Waals surface area contributed by atoms with E-state index in [4.69, 9.17) is 42.7 Å². The summed E-state index contributed by atoms with van der Waals surface area (Å²) in [4.78, 5) is 35.9. The zero-order valence-electron chi connectivity index (χ0n) is 46.4. The van der Waals surface area contributed by atoms with Gasteiger partial charge in [-0.15, -0.1) is 0 Å². The number of para-hydroxylation sites is 1. The van der Waals surface area contributed by atoms with Crippen molar-refractivity contribution in [2.24, 2.45) is 28.8 Å². The molecule has 0 aliphatic carbocycles. The Balaban J connectivity index is 1.48. The van der Waals surface area contributed by atoms with Gasteiger partial charge in [0, 0.05) is 50.2 Å². The first-order valence-corrected chi connectivity index (χ1v) is 26.9. The van der Waals surface area contributed by atoms with Crippen LogP contribution in [-0.4, -0.2) is 162 Å². The fraction of sp³-hybridized carbons (Fsp3) is 0.737. The number of methoxy groups -OCH3 is 1. The summed E-state index contributed by atoms with van der Waals surface area (Å²) in [5.41, 5.74) is -3.34. The maximum atomic E-state index is 14.7. The van der Waals surface area contributed by atoms with E-state index in [1.807, 2.05) is 88.3 Å². The summed E-state index contributed by atoms with van der Waals surface area (Å²) in [5, 5.41) is 53.8. The third-order valence-electron chi connectivity index (χ3n) is 15.6. The van der Waals surface area contributed by atoms with Crippen LogP contribution in [0, 0.1) is 23.7 Å². The average Bonchev–Trinajstić information content (AvgIpc) is 3.36. The van der Waals surface area contributed by atoms with Crippen molar-refractivity contribution in [3.8, 4) is 5.75 Å². The zero-order chi connectivity index (χ0) is 54.5. The van der Waals surface area contributed by atoms with E-state index >= 15 is 0 Å². The quantitative estimate of drug-likeness (QED) is 0.0632. The molecule has 0 radical (unpaired) electrons. The largest absolute Gasteiger partial charge is 0.493 e. The molecule has 0 aromatic heterocycles. The molecule has 17 heteroatoms. The van der Waals surface area contributed by atoms with Crippen LogP contribution in [0.25, 0.3) is 0 Å². The van der Waals surface area contributed by atoms with Gasteiger partial charge in [0.1, 0.15) is 35.8 Å². The Labute approximate surface area is 440 Å². The highest BCUT2D eigenvalue weighted by molar-refractivity contribution is 5.88. The number of aliphatic hydroxyl groups excluding tert-OH is 2. The van der Waals surface area contributed by atoms with Gasteiger partial charge in [-0.05, 0) is 112 Å². The second kappa shape index (κ2) is 27.5. The number of esters is 2. The molecular formula is C57H90N2O15. The first-order chi connectivity index (χ1) is 34.9. The summed E-state index contributed by atoms with van der Waals surface area (Å²) in [5.74, 6) is -3.87. The van der Waals surface area contributed by atoms with Gasteiger partial charge in [0.15, 0.2) is 18.7 Å². The molecule has 4 N–H and O–H groups in total. The smallest absolute Gasteiger partial charge is 0.311 e. The Hall–Kier alpha value is -3.75. The van der Waals surface area contributed by atoms with Crippen molar-refractivity contribution in [3.05, 3.63) is 66.2 Å². The Bertz CT molecular complexity index is 2040. The second-order valence-corrected chi connectivity index (χ2v) is 22.1. The van der Waals surface area contributed by atoms with E-state index in [0.29, 0.717) is 31.6 Å². The monoisotopic (exact) mass is 1040 g/mol. The molecule has 18 atom stereocenters. The van der Waals surface area contributed by atoms with Crippen LogP contribution >= 0.6 is 0 Å². The maximum absolute atomic E-state index is 14.7. The van der Waals surface area contributed by atoms with Gasteiger partial charge in [-0.2, -0.15) is 0 Å². The number of hydrogen-bond acceptors (Lipinski definition) is 17. The van der Waals surface area contributed by atoms with E-state index in [1.54, 1.807) is 41.5 Å². The number of ether oxygens (including phenoxy) is 8. The van der Waals surface area contributed by atoms with Gasteiger partial charge >= 0.3 is 11.9 Å². The fourth-order valence-corrected chi connectivity index (χ4v) is 11.2. The van der Waals surface area contributed by atoms with E-state index in [0.717, 1.165) is 18.6 Å². The number of cyclic esters (lactones) is 1. The van der Waals surface area contributed by atoms with Crippen molar-refractivity contribution in [2.75, 3.05) is 34.4 Å². The van der Waals surface area contributed by atoms with Crippen LogP contribution in [0.5, 0.6) is 5.75 Å². The van der Waals surface area contributed by atoms with E-state index in [-0.39, 0.29) is 50.4 Å². The number of rotatable bonds is 19. The van der Waals surface area contributed by atoms with Crippen molar-refractivity contribution < 1.29 is 72.7 Å². The average molecular weight is 1040 g/mol. The van der Waals surface area contributed by atoms with Crippen LogP contribution in [0.2, 0.25) is 0 Å². The molecule has 2 unspecified atom stereocenters. The topological polar surface area (TPSA) is 214 Å². The molecule has 17 nitrogen and oxygen atoms in total. The van der Waals surface area contributed by atoms with Crippen molar-refractivity contribution in [1.82, 2.24) is 4.90 Å². The Morgan fingerprint density at radius 3 is 2.14 bits per heavy atom. The SMILES string of the molecule is CC[C@@H]1OC(=O)[C@H](C)[C@@H](OC2C[C@@](C)(OC)[C@@H](OC(=O)CCCCc3ccccc3)[C@H](C)O2)[C@H](C)[C@@H](O[C@@H]2O[C@H](C)C[C@H](N(C)C)[C@H]2O)C(C)(O)C[C@@H](C)/C(=N\OCCCOc2ccccc2)[C@@H](C)[C@@H](O)[C@]1(C)O. The Kier molecular flexibility index (Phi) is 22.7. The number of aliphatic hydroxyl groups is 4. The first-order valence-electron chi connectivity index (χ1n) is 26.9. The lowest BCUT2D eigenvalue weighted by molar-refractivity contribution is -0.318. The highest BCUT2D eigenvalue weighted by Crippen LogP contribution is 2.42. The van der Waals surface area contributed by atoms with Crippen LogP contribution in [0.4, 0.5) is 0 Å². The summed E-state index contributed by atoms with van der Waals surface area (Å²) in [7, 11) is 5.28. The van der Waals surface area contributed by atoms with Gasteiger partial charge in [-0.1, -0.05) is 81.4 Å². The van der Waals surface area contributed by atoms with Gasteiger partial charge in [0.05, 0.1) is 54.4 Å². The predicted molar refractivity (Wildman–Crippen MR) is 279 cm³/mol. The molecule has 3 aliphatic heterocycles. The number of carbonyl (C=O) groups is 2. The van der Waals surface area contributed by atoms with Crippen LogP contribution < -0.4 is 4.74 Å². The minimum atomic E-state index is -1.99. The predicted octanol–water partition coefficient (Wildman–Crippen LogP) is 7.02. The number of oxime groups is 1. The van der Waals surface area contributed by atoms with Gasteiger partial charge in [-0.3, -0.25) is 9.59 Å². The third-order valence-corrected chi connectivity index (χ3v) is 15.6. The molecule has 3 fully saturated rings. The Morgan fingerprint density at radius 1 is 0.838 bits per heavy atom. The molecule has 3 heterocycles. The summed E-state index contributed by atoms with van der Waals surface area (Å²) in [6.07, 6.45) is -6.61. The lowest BCUT2D eigenvalue weighted by atomic mass is 9.73. The standard InChI is InChI=1S/C57H90N2O15/c1-14-44-57(10,65)50(62)37(4)47(58-68-31-23-30-67-42-27-19-16-20-28-42)35(2)33-55(8,64)51(74-54-48(61)43(59(11)12)32-36(3)69-54)38(5)49(39(6)53(63)71-44)73-46-34-56(9,66-13)52(40(7)70-46)72-45(60)29-22-21-26-41-24-17-15-18-25-41/h15-20,24-25,27-28,35-40,43-44,46,48-52,54,61-62,64-65H,14,21-23,26,29-34H2,1-13H3/b58-47+/t35-,36-,37-,38+,39-,40+,43+,44+,46?,48-,49+,50-,51-,52+,54+,55?,56-,57-/m1/s1. The summed E-state index contributed by atoms with van der Waals surface area (Å²) in [6.45, 7) is 17.8. The van der Waals surface area contributed by atoms with Gasteiger partial charge in [-0.25, -0.2) is 0 Å². The van der Waals surface area contributed by atoms with E-state index < -0.39 is 102 Å². The summed E-state index contributed by atoms with van der Waals surface area (Å²) in [6, 6.07) is 19.2. The number of benzene rings is 2. The van der Waals surface area contributed by atoms with Crippen molar-refractivity contribution in [1.29, 1.82) is 0 Å². The molecule has 0 saturated carbocycles. The Morgan fingerprint density at radius 2 is 1.50 bits per heavy atom. The van der Waals surface area contributed by atoms with Crippen LogP contribution in [-0.2, 0) is 54.0 Å². The molecule has 418 valence electrons. The van der Waals surface area contributed by atoms with E-state index in [9.17, 15) is 30.0 Å². The van der Waals surface area contributed by atoms with Crippen LogP contribution in [0.3, 0.4) is 0 Å². The summed E-state index contributed by atoms with van der Waals surface area (Å²) >= 11 is 0. The molecule has 0 spiro atoms. The summed E-state index contributed by atoms with van der Waals surface area (Å²) < 4.78 is 51.0. The highest BCUT2D eigenvalue weighted by Gasteiger charge is 2.54. The number of carbonyl (C=O) groups excluding carboxylic acids is 2. The number of aryl methyl sites for hydroxylation is 1. The normalized spacial score (nSPS) is 38.2. The van der Waals surface area contributed by atoms with Crippen molar-refractivity contribution in [2.45, 2.75) is 211 Å². The van der Waals surface area contributed by atoms with Gasteiger partial charge < -0.3 is 68.1 Å². The molecule has 3 aliphatic rings. The van der Waals surface area contributed by atoms with Crippen molar-refractivity contribution >= 4 is 17.7 Å². The molecule has 3 saturated heterocycles. The minimum Gasteiger partial charge on any atom is -0.493 e. The van der Waals surface area contributed by atoms with Crippen LogP contribution in [0.15, 0.2) is 65.8 Å². The number of likely N-dealkylation sites (N-methyl/N-ethyl adjacent to an activating group) is 1.